The lowest BCUT2D eigenvalue weighted by Gasteiger charge is -2.28. The van der Waals surface area contributed by atoms with Crippen LogP contribution < -0.4 is 11.5 Å². The van der Waals surface area contributed by atoms with Gasteiger partial charge in [0.25, 0.3) is 0 Å². The number of thioether (sulfide) groups is 1. The quantitative estimate of drug-likeness (QED) is 0.735. The summed E-state index contributed by atoms with van der Waals surface area (Å²) in [5.41, 5.74) is 11.1. The molecule has 1 aromatic rings. The van der Waals surface area contributed by atoms with Gasteiger partial charge in [0.05, 0.1) is 0 Å². The van der Waals surface area contributed by atoms with Crippen LogP contribution in [0.3, 0.4) is 0 Å². The summed E-state index contributed by atoms with van der Waals surface area (Å²) in [6.45, 7) is 3.37. The highest BCUT2D eigenvalue weighted by Gasteiger charge is 2.32. The third kappa shape index (κ3) is 3.94. The number of halogens is 1. The lowest BCUT2D eigenvalue weighted by atomic mass is 10.1. The summed E-state index contributed by atoms with van der Waals surface area (Å²) in [4.78, 5) is 21.8. The molecule has 0 saturated heterocycles. The molecule has 0 aliphatic rings. The van der Waals surface area contributed by atoms with Gasteiger partial charge in [0, 0.05) is 16.1 Å². The Morgan fingerprint density at radius 1 is 1.45 bits per heavy atom. The summed E-state index contributed by atoms with van der Waals surface area (Å²) in [5.74, 6) is -2.10. The SMILES string of the molecule is CC(C)(SCc1ccc(C(N)=O)cc1F)[C@H](N)C(=O)O. The smallest absolute Gasteiger partial charge is 0.321 e. The highest BCUT2D eigenvalue weighted by molar-refractivity contribution is 7.99. The molecule has 1 amide bonds. The summed E-state index contributed by atoms with van der Waals surface area (Å²) < 4.78 is 13.0. The number of hydrogen-bond donors (Lipinski definition) is 3. The fourth-order valence-corrected chi connectivity index (χ4v) is 2.51. The van der Waals surface area contributed by atoms with Crippen LogP contribution in [-0.4, -0.2) is 27.8 Å². The van der Waals surface area contributed by atoms with E-state index in [0.29, 0.717) is 5.56 Å². The van der Waals surface area contributed by atoms with Crippen molar-refractivity contribution in [3.05, 3.63) is 35.1 Å². The Morgan fingerprint density at radius 2 is 2.05 bits per heavy atom. The zero-order chi connectivity index (χ0) is 15.5. The average Bonchev–Trinajstić information content (AvgIpc) is 2.35. The Bertz CT molecular complexity index is 534. The second-order valence-electron chi connectivity index (χ2n) is 4.88. The van der Waals surface area contributed by atoms with Gasteiger partial charge in [-0.2, -0.15) is 0 Å². The third-order valence-electron chi connectivity index (χ3n) is 2.95. The fourth-order valence-electron chi connectivity index (χ4n) is 1.47. The molecule has 0 radical (unpaired) electrons. The van der Waals surface area contributed by atoms with Crippen LogP contribution in [0.15, 0.2) is 18.2 Å². The van der Waals surface area contributed by atoms with E-state index in [-0.39, 0.29) is 11.3 Å². The van der Waals surface area contributed by atoms with Gasteiger partial charge < -0.3 is 16.6 Å². The predicted molar refractivity (Wildman–Crippen MR) is 75.9 cm³/mol. The Labute approximate surface area is 120 Å². The van der Waals surface area contributed by atoms with Crippen molar-refractivity contribution in [3.8, 4) is 0 Å². The molecule has 0 aromatic heterocycles. The summed E-state index contributed by atoms with van der Waals surface area (Å²) >= 11 is 1.23. The van der Waals surface area contributed by atoms with E-state index in [4.69, 9.17) is 16.6 Å². The molecule has 20 heavy (non-hydrogen) atoms. The number of nitrogens with two attached hydrogens (primary N) is 2. The van der Waals surface area contributed by atoms with Crippen molar-refractivity contribution in [3.63, 3.8) is 0 Å². The zero-order valence-electron chi connectivity index (χ0n) is 11.2. The van der Waals surface area contributed by atoms with Gasteiger partial charge in [-0.05, 0) is 31.5 Å². The molecule has 5 nitrogen and oxygen atoms in total. The molecule has 7 heteroatoms. The van der Waals surface area contributed by atoms with E-state index < -0.39 is 28.5 Å². The lowest BCUT2D eigenvalue weighted by molar-refractivity contribution is -0.139. The van der Waals surface area contributed by atoms with E-state index in [9.17, 15) is 14.0 Å². The molecule has 0 aliphatic carbocycles. The standard InChI is InChI=1S/C13H17FN2O3S/c1-13(2,10(15)12(18)19)20-6-8-4-3-7(11(16)17)5-9(8)14/h3-5,10H,6,15H2,1-2H3,(H2,16,17)(H,18,19)/t10-/m1/s1. The molecule has 0 unspecified atom stereocenters. The summed E-state index contributed by atoms with van der Waals surface area (Å²) in [6, 6.07) is 2.92. The number of carboxylic acids is 1. The molecule has 1 aromatic carbocycles. The molecule has 0 saturated carbocycles. The molecular formula is C13H17FN2O3S. The number of carbonyl (C=O) groups is 2. The molecule has 5 N–H and O–H groups in total. The molecule has 0 heterocycles. The average molecular weight is 300 g/mol. The molecule has 0 aliphatic heterocycles. The number of amides is 1. The van der Waals surface area contributed by atoms with Crippen LogP contribution >= 0.6 is 11.8 Å². The van der Waals surface area contributed by atoms with Crippen molar-refractivity contribution in [1.29, 1.82) is 0 Å². The third-order valence-corrected chi connectivity index (χ3v) is 4.41. The second kappa shape index (κ2) is 6.23. The number of benzene rings is 1. The van der Waals surface area contributed by atoms with E-state index in [0.717, 1.165) is 6.07 Å². The van der Waals surface area contributed by atoms with Crippen LogP contribution in [0.2, 0.25) is 0 Å². The van der Waals surface area contributed by atoms with E-state index >= 15 is 0 Å². The Hall–Kier alpha value is -1.60. The molecule has 0 fully saturated rings. The van der Waals surface area contributed by atoms with Gasteiger partial charge in [0.2, 0.25) is 5.91 Å². The second-order valence-corrected chi connectivity index (χ2v) is 6.51. The molecule has 110 valence electrons. The van der Waals surface area contributed by atoms with Gasteiger partial charge in [0.15, 0.2) is 0 Å². The van der Waals surface area contributed by atoms with Crippen LogP contribution in [0.25, 0.3) is 0 Å². The first-order valence-electron chi connectivity index (χ1n) is 5.85. The number of primary amides is 1. The molecule has 1 atom stereocenters. The van der Waals surface area contributed by atoms with Crippen molar-refractivity contribution in [1.82, 2.24) is 0 Å². The molecular weight excluding hydrogens is 283 g/mol. The van der Waals surface area contributed by atoms with Crippen LogP contribution in [0, 0.1) is 5.82 Å². The number of carbonyl (C=O) groups excluding carboxylic acids is 1. The molecule has 0 spiro atoms. The van der Waals surface area contributed by atoms with Crippen LogP contribution in [-0.2, 0) is 10.5 Å². The van der Waals surface area contributed by atoms with Crippen molar-refractivity contribution in [2.45, 2.75) is 30.4 Å². The maximum absolute atomic E-state index is 13.8. The predicted octanol–water partition coefficient (Wildman–Crippen LogP) is 1.35. The number of carboxylic acid groups (broad SMARTS) is 1. The highest BCUT2D eigenvalue weighted by Crippen LogP contribution is 2.31. The van der Waals surface area contributed by atoms with Crippen LogP contribution in [0.1, 0.15) is 29.8 Å². The van der Waals surface area contributed by atoms with E-state index in [1.807, 2.05) is 0 Å². The summed E-state index contributed by atoms with van der Waals surface area (Å²) in [7, 11) is 0. The first-order chi connectivity index (χ1) is 9.15. The van der Waals surface area contributed by atoms with E-state index in [1.165, 1.54) is 23.9 Å². The van der Waals surface area contributed by atoms with Crippen molar-refractivity contribution < 1.29 is 19.1 Å². The zero-order valence-corrected chi connectivity index (χ0v) is 12.0. The van der Waals surface area contributed by atoms with Gasteiger partial charge >= 0.3 is 5.97 Å². The van der Waals surface area contributed by atoms with Gasteiger partial charge in [0.1, 0.15) is 11.9 Å². The lowest BCUT2D eigenvalue weighted by Crippen LogP contribution is -2.46. The van der Waals surface area contributed by atoms with Gasteiger partial charge in [-0.25, -0.2) is 4.39 Å². The van der Waals surface area contributed by atoms with Crippen molar-refractivity contribution in [2.24, 2.45) is 11.5 Å². The van der Waals surface area contributed by atoms with Crippen LogP contribution in [0.4, 0.5) is 4.39 Å². The maximum Gasteiger partial charge on any atom is 0.321 e. The monoisotopic (exact) mass is 300 g/mol. The van der Waals surface area contributed by atoms with E-state index in [1.54, 1.807) is 13.8 Å². The largest absolute Gasteiger partial charge is 0.480 e. The highest BCUT2D eigenvalue weighted by atomic mass is 32.2. The number of hydrogen-bond acceptors (Lipinski definition) is 4. The number of aliphatic carboxylic acids is 1. The Kier molecular flexibility index (Phi) is 5.13. The minimum absolute atomic E-state index is 0.0951. The van der Waals surface area contributed by atoms with Gasteiger partial charge in [-0.15, -0.1) is 11.8 Å². The molecule has 0 bridgehead atoms. The first kappa shape index (κ1) is 16.5. The Balaban J connectivity index is 2.80. The fraction of sp³-hybridized carbons (Fsp3) is 0.385. The first-order valence-corrected chi connectivity index (χ1v) is 6.84. The van der Waals surface area contributed by atoms with Crippen molar-refractivity contribution >= 4 is 23.6 Å². The normalized spacial score (nSPS) is 13.0. The summed E-state index contributed by atoms with van der Waals surface area (Å²) in [5, 5.41) is 8.90. The van der Waals surface area contributed by atoms with Gasteiger partial charge in [-0.3, -0.25) is 9.59 Å². The summed E-state index contributed by atoms with van der Waals surface area (Å²) in [6.07, 6.45) is 0. The minimum Gasteiger partial charge on any atom is -0.480 e. The Morgan fingerprint density at radius 3 is 2.50 bits per heavy atom. The van der Waals surface area contributed by atoms with Gasteiger partial charge in [-0.1, -0.05) is 6.07 Å². The maximum atomic E-state index is 13.8. The minimum atomic E-state index is -1.10. The topological polar surface area (TPSA) is 106 Å². The number of rotatable bonds is 6. The van der Waals surface area contributed by atoms with Crippen LogP contribution in [0.5, 0.6) is 0 Å². The van der Waals surface area contributed by atoms with E-state index in [2.05, 4.69) is 0 Å². The van der Waals surface area contributed by atoms with Crippen molar-refractivity contribution in [2.75, 3.05) is 0 Å². The molecule has 1 rings (SSSR count).